The highest BCUT2D eigenvalue weighted by Crippen LogP contribution is 2.45. The minimum Gasteiger partial charge on any atom is -0.444 e. The minimum absolute atomic E-state index is 0.0937. The standard InChI is InChI=1S/C25H33N7O2.C23H28N6O.C23H32N6O.C22H31N7O/c1-25(2,3)34-24(33)31-14-12-30(13-15-31)20-8-9-21(26-17-20)28-23-27-16-18-10-11-32(22(18)29-23)19-6-4-5-7-19;1-17(30)27-12-14-28(15-13-27)20-8-6-19(7-9-20)25-23-24-16-18-10-11-29(22(18)26-23)21-4-2-3-5-21;1-5-17(6-2)29-20-19(23(3,4)21(29)30)15-25-22(27-20)26-16-7-9-18(10-8-16)28-13-11-24-12-14-28;1-5-15(6-2)29-19-17(22(3,4)20(29)30)14-25-21(27-19)26-18-8-7-16(13-24-18)28-11-9-23-10-12-28/h8-11,16-17,19H,4-7,12-15H2,1-3H3,(H,26,27,28,29);6-11,16,21H,2-5,12-15H2,1H3,(H,24,25,26);7-10,15,17,24H,5-6,11-14H2,1-4H3,(H,25,26,27);7-8,13-15,23H,5-6,9-12H2,1-4H3,(H,24,25,26,27). The molecule has 0 atom stereocenters. The number of hydrogen-bond acceptors (Lipinski definition) is 25. The van der Waals surface area contributed by atoms with Crippen LogP contribution in [0.1, 0.15) is 183 Å². The molecule has 0 radical (unpaired) electrons. The first-order valence-electron chi connectivity index (χ1n) is 44.9. The van der Waals surface area contributed by atoms with Gasteiger partial charge in [-0.2, -0.15) is 19.9 Å². The number of carbonyl (C=O) groups excluding carboxylic acids is 4. The van der Waals surface area contributed by atoms with Crippen LogP contribution in [0, 0.1) is 0 Å². The van der Waals surface area contributed by atoms with Crippen LogP contribution >= 0.6 is 0 Å². The number of nitrogens with zero attached hydrogens (tertiary/aromatic N) is 20. The summed E-state index contributed by atoms with van der Waals surface area (Å²) in [5.41, 5.74) is 8.54. The third-order valence-corrected chi connectivity index (χ3v) is 25.4. The van der Waals surface area contributed by atoms with Gasteiger partial charge in [0.1, 0.15) is 40.2 Å². The van der Waals surface area contributed by atoms with E-state index in [1.54, 1.807) is 24.2 Å². The van der Waals surface area contributed by atoms with Crippen LogP contribution in [0.5, 0.6) is 0 Å². The van der Waals surface area contributed by atoms with E-state index in [1.807, 2.05) is 106 Å². The fourth-order valence-corrected chi connectivity index (χ4v) is 18.0. The maximum absolute atomic E-state index is 13.1. The Balaban J connectivity index is 0.000000128. The maximum atomic E-state index is 13.1. The Morgan fingerprint density at radius 1 is 0.435 bits per heavy atom. The molecule has 6 fully saturated rings. The fraction of sp³-hybridized carbons (Fsp3) is 0.505. The van der Waals surface area contributed by atoms with E-state index in [9.17, 15) is 19.2 Å². The molecule has 656 valence electrons. The topological polar surface area (TPSA) is 314 Å². The number of hydrogen-bond donors (Lipinski definition) is 6. The van der Waals surface area contributed by atoms with E-state index in [-0.39, 0.29) is 35.9 Å². The quantitative estimate of drug-likeness (QED) is 0.0413. The third-order valence-electron chi connectivity index (χ3n) is 25.4. The van der Waals surface area contributed by atoms with Crippen molar-refractivity contribution < 1.29 is 23.9 Å². The van der Waals surface area contributed by atoms with E-state index in [4.69, 9.17) is 24.7 Å². The van der Waals surface area contributed by atoms with E-state index in [2.05, 4.69) is 197 Å². The summed E-state index contributed by atoms with van der Waals surface area (Å²) in [6.07, 6.45) is 28.8. The summed E-state index contributed by atoms with van der Waals surface area (Å²) in [5, 5.41) is 22.0. The lowest BCUT2D eigenvalue weighted by Crippen LogP contribution is -2.50. The van der Waals surface area contributed by atoms with Crippen LogP contribution in [0.4, 0.5) is 86.0 Å². The number of aromatic nitrogens is 12. The summed E-state index contributed by atoms with van der Waals surface area (Å²) in [4.78, 5) is 113. The fourth-order valence-electron chi connectivity index (χ4n) is 18.0. The predicted molar refractivity (Wildman–Crippen MR) is 493 cm³/mol. The van der Waals surface area contributed by atoms with Gasteiger partial charge < -0.3 is 75.2 Å². The van der Waals surface area contributed by atoms with Gasteiger partial charge >= 0.3 is 6.09 Å². The molecular weight excluding hydrogens is 1560 g/mol. The molecule has 2 aliphatic carbocycles. The van der Waals surface area contributed by atoms with Crippen molar-refractivity contribution in [2.24, 2.45) is 0 Å². The van der Waals surface area contributed by atoms with Crippen LogP contribution in [-0.4, -0.2) is 215 Å². The second kappa shape index (κ2) is 38.5. The van der Waals surface area contributed by atoms with Crippen molar-refractivity contribution in [3.8, 4) is 0 Å². The van der Waals surface area contributed by atoms with Gasteiger partial charge in [0.25, 0.3) is 0 Å². The number of benzene rings is 2. The van der Waals surface area contributed by atoms with Crippen LogP contribution in [0.15, 0.2) is 135 Å². The number of fused-ring (bicyclic) bond motifs is 4. The van der Waals surface area contributed by atoms with Crippen LogP contribution < -0.4 is 61.3 Å². The van der Waals surface area contributed by atoms with Gasteiger partial charge in [0, 0.05) is 218 Å². The second-order valence-electron chi connectivity index (χ2n) is 35.5. The number of ether oxygens (including phenoxy) is 1. The molecule has 8 aromatic heterocycles. The zero-order valence-corrected chi connectivity index (χ0v) is 74.3. The Labute approximate surface area is 728 Å². The predicted octanol–water partition coefficient (Wildman–Crippen LogP) is 15.0. The number of pyridine rings is 2. The lowest BCUT2D eigenvalue weighted by Gasteiger charge is -2.36. The lowest BCUT2D eigenvalue weighted by molar-refractivity contribution is -0.129. The molecule has 0 spiro atoms. The summed E-state index contributed by atoms with van der Waals surface area (Å²) in [6.45, 7) is 37.6. The highest BCUT2D eigenvalue weighted by molar-refractivity contribution is 6.08. The van der Waals surface area contributed by atoms with Crippen LogP contribution in [0.3, 0.4) is 0 Å². The molecule has 14 heterocycles. The normalized spacial score (nSPS) is 17.8. The molecule has 18 rings (SSSR count). The highest BCUT2D eigenvalue weighted by Gasteiger charge is 2.49. The van der Waals surface area contributed by atoms with E-state index >= 15 is 0 Å². The molecule has 4 amide bonds. The molecule has 2 aromatic carbocycles. The van der Waals surface area contributed by atoms with Crippen LogP contribution in [0.25, 0.3) is 22.1 Å². The Morgan fingerprint density at radius 2 is 0.790 bits per heavy atom. The van der Waals surface area contributed by atoms with Crippen molar-refractivity contribution in [1.82, 2.24) is 79.4 Å². The molecule has 0 unspecified atom stereocenters. The molecule has 124 heavy (non-hydrogen) atoms. The molecule has 31 heteroatoms. The summed E-state index contributed by atoms with van der Waals surface area (Å²) >= 11 is 0. The summed E-state index contributed by atoms with van der Waals surface area (Å²) in [7, 11) is 0. The van der Waals surface area contributed by atoms with Gasteiger partial charge in [-0.25, -0.2) is 34.7 Å². The van der Waals surface area contributed by atoms with Gasteiger partial charge in [0.2, 0.25) is 41.5 Å². The molecule has 2 saturated carbocycles. The smallest absolute Gasteiger partial charge is 0.410 e. The monoisotopic (exact) mass is 1690 g/mol. The Kier molecular flexibility index (Phi) is 27.0. The zero-order chi connectivity index (χ0) is 86.8. The molecule has 31 nitrogen and oxygen atoms in total. The molecule has 10 aromatic rings. The Bertz CT molecular complexity index is 5130. The van der Waals surface area contributed by atoms with Crippen molar-refractivity contribution in [3.05, 3.63) is 146 Å². The first-order valence-corrected chi connectivity index (χ1v) is 44.9. The Morgan fingerprint density at radius 3 is 1.18 bits per heavy atom. The molecule has 8 aliphatic rings. The lowest BCUT2D eigenvalue weighted by atomic mass is 9.88. The van der Waals surface area contributed by atoms with Gasteiger partial charge in [-0.15, -0.1) is 0 Å². The minimum atomic E-state index is -0.611. The zero-order valence-electron chi connectivity index (χ0n) is 74.3. The van der Waals surface area contributed by atoms with E-state index < -0.39 is 16.4 Å². The van der Waals surface area contributed by atoms with Gasteiger partial charge in [-0.05, 0) is 185 Å². The molecule has 0 bridgehead atoms. The number of piperazine rings is 4. The SMILES string of the molecule is CC(=O)N1CCN(c2ccc(Nc3ncc4ccn(C5CCCC5)c4n3)cc2)CC1.CC(C)(C)OC(=O)N1CCN(c2ccc(Nc3ncc4ccn(C5CCCC5)c4n3)nc2)CC1.CCC(CC)N1C(=O)C(C)(C)c2cnc(Nc3ccc(N4CCNCC4)cc3)nc21.CCC(CC)N1C(=O)C(C)(C)c2cnc(Nc3ccc(N4CCNCC4)cn3)nc21. The number of rotatable bonds is 20. The summed E-state index contributed by atoms with van der Waals surface area (Å²) < 4.78 is 10.1. The van der Waals surface area contributed by atoms with E-state index in [0.29, 0.717) is 66.4 Å². The largest absolute Gasteiger partial charge is 0.444 e. The van der Waals surface area contributed by atoms with E-state index in [0.717, 1.165) is 179 Å². The number of anilines is 14. The van der Waals surface area contributed by atoms with Crippen LogP contribution in [0.2, 0.25) is 0 Å². The van der Waals surface area contributed by atoms with Gasteiger partial charge in [-0.1, -0.05) is 53.4 Å². The average molecular weight is 1690 g/mol. The third kappa shape index (κ3) is 19.8. The Hall–Kier alpha value is -11.9. The average Bonchev–Trinajstić information content (AvgIpc) is 1.59. The van der Waals surface area contributed by atoms with Crippen molar-refractivity contribution >= 4 is 127 Å². The number of carbonyl (C=O) groups is 4. The maximum Gasteiger partial charge on any atom is 0.410 e. The van der Waals surface area contributed by atoms with Crippen molar-refractivity contribution in [1.29, 1.82) is 0 Å². The van der Waals surface area contributed by atoms with Gasteiger partial charge in [0.05, 0.1) is 34.6 Å². The van der Waals surface area contributed by atoms with Gasteiger partial charge in [-0.3, -0.25) is 24.2 Å². The molecule has 4 saturated heterocycles. The molecular formula is C93H124N26O5. The van der Waals surface area contributed by atoms with Crippen molar-refractivity contribution in [2.75, 3.05) is 155 Å². The first-order chi connectivity index (χ1) is 59.9. The summed E-state index contributed by atoms with van der Waals surface area (Å²) in [6, 6.07) is 30.3. The van der Waals surface area contributed by atoms with Crippen LogP contribution in [-0.2, 0) is 30.0 Å². The highest BCUT2D eigenvalue weighted by atomic mass is 16.6. The van der Waals surface area contributed by atoms with Crippen molar-refractivity contribution in [3.63, 3.8) is 0 Å². The first kappa shape index (κ1) is 87.1. The number of amides is 4. The molecule has 6 aliphatic heterocycles. The summed E-state index contributed by atoms with van der Waals surface area (Å²) in [5.74, 6) is 5.37. The van der Waals surface area contributed by atoms with Gasteiger partial charge in [0.15, 0.2) is 0 Å². The number of nitrogens with one attached hydrogen (secondary N) is 6. The van der Waals surface area contributed by atoms with E-state index in [1.165, 1.54) is 62.7 Å². The second-order valence-corrected chi connectivity index (χ2v) is 35.5. The van der Waals surface area contributed by atoms with Crippen molar-refractivity contribution in [2.45, 2.75) is 201 Å². The molecule has 6 N–H and O–H groups in total.